The van der Waals surface area contributed by atoms with Crippen molar-refractivity contribution >= 4 is 22.6 Å². The second kappa shape index (κ2) is 6.31. The zero-order valence-corrected chi connectivity index (χ0v) is 12.2. The molecule has 2 aromatic carbocycles. The van der Waals surface area contributed by atoms with Gasteiger partial charge in [0.05, 0.1) is 12.6 Å². The normalized spacial score (nSPS) is 12.7. The molecule has 1 atom stereocenters. The SMILES string of the molecule is OCC(NCc1c(Cl)oc2ccccc12)c1ccccc1. The summed E-state index contributed by atoms with van der Waals surface area (Å²) in [7, 11) is 0. The Morgan fingerprint density at radius 2 is 1.76 bits per heavy atom. The van der Waals surface area contributed by atoms with Crippen LogP contribution in [0.5, 0.6) is 0 Å². The van der Waals surface area contributed by atoms with Crippen molar-refractivity contribution in [1.29, 1.82) is 0 Å². The maximum absolute atomic E-state index is 9.57. The van der Waals surface area contributed by atoms with Gasteiger partial charge in [-0.05, 0) is 23.2 Å². The van der Waals surface area contributed by atoms with Crippen LogP contribution in [0.25, 0.3) is 11.0 Å². The minimum absolute atomic E-state index is 0.0252. The van der Waals surface area contributed by atoms with Crippen molar-refractivity contribution in [3.8, 4) is 0 Å². The minimum Gasteiger partial charge on any atom is -0.444 e. The van der Waals surface area contributed by atoms with Crippen molar-refractivity contribution in [3.05, 3.63) is 70.9 Å². The number of hydrogen-bond acceptors (Lipinski definition) is 3. The zero-order chi connectivity index (χ0) is 14.7. The summed E-state index contributed by atoms with van der Waals surface area (Å²) in [6.07, 6.45) is 0. The van der Waals surface area contributed by atoms with Crippen molar-refractivity contribution in [2.45, 2.75) is 12.6 Å². The monoisotopic (exact) mass is 301 g/mol. The van der Waals surface area contributed by atoms with Gasteiger partial charge in [-0.15, -0.1) is 0 Å². The van der Waals surface area contributed by atoms with Crippen molar-refractivity contribution < 1.29 is 9.52 Å². The molecule has 0 aliphatic rings. The van der Waals surface area contributed by atoms with Crippen LogP contribution >= 0.6 is 11.6 Å². The highest BCUT2D eigenvalue weighted by Gasteiger charge is 2.15. The van der Waals surface area contributed by atoms with Crippen LogP contribution in [-0.4, -0.2) is 11.7 Å². The molecule has 0 aliphatic heterocycles. The third-order valence-corrected chi connectivity index (χ3v) is 3.86. The van der Waals surface area contributed by atoms with Crippen LogP contribution in [0.15, 0.2) is 59.0 Å². The van der Waals surface area contributed by atoms with Gasteiger partial charge in [0.1, 0.15) is 5.58 Å². The van der Waals surface area contributed by atoms with E-state index in [2.05, 4.69) is 5.32 Å². The maximum Gasteiger partial charge on any atom is 0.199 e. The highest BCUT2D eigenvalue weighted by Crippen LogP contribution is 2.29. The standard InChI is InChI=1S/C17H16ClNO2/c18-17-14(13-8-4-5-9-16(13)21-17)10-19-15(11-20)12-6-2-1-3-7-12/h1-9,15,19-20H,10-11H2. The van der Waals surface area contributed by atoms with Gasteiger partial charge in [0.2, 0.25) is 0 Å². The van der Waals surface area contributed by atoms with Gasteiger partial charge in [0.25, 0.3) is 0 Å². The molecule has 0 saturated heterocycles. The first-order chi connectivity index (χ1) is 10.3. The maximum atomic E-state index is 9.57. The second-order valence-corrected chi connectivity index (χ2v) is 5.22. The van der Waals surface area contributed by atoms with Gasteiger partial charge in [-0.2, -0.15) is 0 Å². The Hall–Kier alpha value is -1.81. The largest absolute Gasteiger partial charge is 0.444 e. The average molecular weight is 302 g/mol. The molecule has 3 nitrogen and oxygen atoms in total. The number of hydrogen-bond donors (Lipinski definition) is 2. The molecule has 0 aliphatic carbocycles. The van der Waals surface area contributed by atoms with E-state index in [9.17, 15) is 5.11 Å². The average Bonchev–Trinajstić information content (AvgIpc) is 2.85. The van der Waals surface area contributed by atoms with E-state index in [1.165, 1.54) is 0 Å². The van der Waals surface area contributed by atoms with Crippen molar-refractivity contribution in [2.75, 3.05) is 6.61 Å². The van der Waals surface area contributed by atoms with E-state index in [1.54, 1.807) is 0 Å². The van der Waals surface area contributed by atoms with Gasteiger partial charge in [0.15, 0.2) is 5.22 Å². The number of aliphatic hydroxyl groups is 1. The molecule has 21 heavy (non-hydrogen) atoms. The predicted octanol–water partition coefficient (Wildman–Crippen LogP) is 3.91. The van der Waals surface area contributed by atoms with E-state index < -0.39 is 0 Å². The molecule has 0 bridgehead atoms. The number of aliphatic hydroxyl groups excluding tert-OH is 1. The van der Waals surface area contributed by atoms with Crippen LogP contribution in [-0.2, 0) is 6.54 Å². The Kier molecular flexibility index (Phi) is 4.25. The second-order valence-electron chi connectivity index (χ2n) is 4.88. The predicted molar refractivity (Wildman–Crippen MR) is 84.3 cm³/mol. The fourth-order valence-corrected chi connectivity index (χ4v) is 2.68. The van der Waals surface area contributed by atoms with Gasteiger partial charge in [0, 0.05) is 17.5 Å². The number of rotatable bonds is 5. The fraction of sp³-hybridized carbons (Fsp3) is 0.176. The van der Waals surface area contributed by atoms with Crippen molar-refractivity contribution in [2.24, 2.45) is 0 Å². The molecule has 0 saturated carbocycles. The number of furan rings is 1. The molecule has 2 N–H and O–H groups in total. The molecule has 0 amide bonds. The van der Waals surface area contributed by atoms with Gasteiger partial charge < -0.3 is 14.8 Å². The summed E-state index contributed by atoms with van der Waals surface area (Å²) in [4.78, 5) is 0. The molecule has 1 unspecified atom stereocenters. The topological polar surface area (TPSA) is 45.4 Å². The summed E-state index contributed by atoms with van der Waals surface area (Å²) in [5.74, 6) is 0. The number of halogens is 1. The molecule has 0 spiro atoms. The molecule has 1 heterocycles. The van der Waals surface area contributed by atoms with E-state index in [0.29, 0.717) is 11.8 Å². The number of nitrogens with one attached hydrogen (secondary N) is 1. The third-order valence-electron chi connectivity index (χ3n) is 3.56. The van der Waals surface area contributed by atoms with Gasteiger partial charge >= 0.3 is 0 Å². The Morgan fingerprint density at radius 1 is 1.05 bits per heavy atom. The van der Waals surface area contributed by atoms with E-state index in [-0.39, 0.29) is 12.6 Å². The van der Waals surface area contributed by atoms with Gasteiger partial charge in [-0.3, -0.25) is 0 Å². The first-order valence-electron chi connectivity index (χ1n) is 6.84. The zero-order valence-electron chi connectivity index (χ0n) is 11.4. The minimum atomic E-state index is -0.129. The molecule has 3 rings (SSSR count). The molecule has 1 aromatic heterocycles. The number of fused-ring (bicyclic) bond motifs is 1. The Bertz CT molecular complexity index is 724. The lowest BCUT2D eigenvalue weighted by molar-refractivity contribution is 0.243. The third kappa shape index (κ3) is 2.95. The lowest BCUT2D eigenvalue weighted by Crippen LogP contribution is -2.23. The summed E-state index contributed by atoms with van der Waals surface area (Å²) in [5, 5.41) is 14.3. The first-order valence-corrected chi connectivity index (χ1v) is 7.22. The van der Waals surface area contributed by atoms with E-state index >= 15 is 0 Å². The smallest absolute Gasteiger partial charge is 0.199 e. The van der Waals surface area contributed by atoms with E-state index in [4.69, 9.17) is 16.0 Å². The first kappa shape index (κ1) is 14.1. The molecule has 0 radical (unpaired) electrons. The van der Waals surface area contributed by atoms with Crippen molar-refractivity contribution in [1.82, 2.24) is 5.32 Å². The summed E-state index contributed by atoms with van der Waals surface area (Å²) >= 11 is 6.17. The number of benzene rings is 2. The quantitative estimate of drug-likeness (QED) is 0.751. The summed E-state index contributed by atoms with van der Waals surface area (Å²) in [6.45, 7) is 0.563. The van der Waals surface area contributed by atoms with Gasteiger partial charge in [-0.25, -0.2) is 0 Å². The fourth-order valence-electron chi connectivity index (χ4n) is 2.43. The molecule has 0 fully saturated rings. The molecular formula is C17H16ClNO2. The van der Waals surface area contributed by atoms with E-state index in [1.807, 2.05) is 54.6 Å². The Morgan fingerprint density at radius 3 is 2.52 bits per heavy atom. The lowest BCUT2D eigenvalue weighted by Gasteiger charge is -2.16. The number of para-hydroxylation sites is 1. The Labute approximate surface area is 128 Å². The van der Waals surface area contributed by atoms with E-state index in [0.717, 1.165) is 22.1 Å². The highest BCUT2D eigenvalue weighted by molar-refractivity contribution is 6.30. The molecule has 3 aromatic rings. The summed E-state index contributed by atoms with van der Waals surface area (Å²) in [6, 6.07) is 17.5. The van der Waals surface area contributed by atoms with Crippen LogP contribution in [0.1, 0.15) is 17.2 Å². The van der Waals surface area contributed by atoms with Crippen molar-refractivity contribution in [3.63, 3.8) is 0 Å². The highest BCUT2D eigenvalue weighted by atomic mass is 35.5. The van der Waals surface area contributed by atoms with Crippen LogP contribution < -0.4 is 5.32 Å². The van der Waals surface area contributed by atoms with Crippen LogP contribution in [0.3, 0.4) is 0 Å². The Balaban J connectivity index is 1.81. The summed E-state index contributed by atoms with van der Waals surface area (Å²) < 4.78 is 5.53. The molecular weight excluding hydrogens is 286 g/mol. The van der Waals surface area contributed by atoms with Crippen LogP contribution in [0.4, 0.5) is 0 Å². The molecule has 108 valence electrons. The van der Waals surface area contributed by atoms with Crippen LogP contribution in [0, 0.1) is 0 Å². The molecule has 4 heteroatoms. The van der Waals surface area contributed by atoms with Crippen LogP contribution in [0.2, 0.25) is 5.22 Å². The lowest BCUT2D eigenvalue weighted by atomic mass is 10.1. The summed E-state index contributed by atoms with van der Waals surface area (Å²) in [5.41, 5.74) is 2.74. The van der Waals surface area contributed by atoms with Gasteiger partial charge in [-0.1, -0.05) is 48.5 Å².